The SMILES string of the molecule is CCCCC[C@H](CN(O)C=O)C(=O)NNc1ncnc(CN(C)CC)n1. The third-order valence-electron chi connectivity index (χ3n) is 3.93. The summed E-state index contributed by atoms with van der Waals surface area (Å²) in [5.74, 6) is -0.0501. The highest BCUT2D eigenvalue weighted by Gasteiger charge is 2.20. The van der Waals surface area contributed by atoms with E-state index in [0.717, 1.165) is 25.8 Å². The first-order chi connectivity index (χ1) is 12.5. The van der Waals surface area contributed by atoms with E-state index in [9.17, 15) is 14.8 Å². The predicted molar refractivity (Wildman–Crippen MR) is 95.8 cm³/mol. The van der Waals surface area contributed by atoms with Gasteiger partial charge in [0, 0.05) is 0 Å². The summed E-state index contributed by atoms with van der Waals surface area (Å²) in [7, 11) is 1.95. The number of nitrogens with one attached hydrogen (secondary N) is 2. The molecule has 0 aliphatic heterocycles. The first-order valence-corrected chi connectivity index (χ1v) is 8.83. The average molecular weight is 367 g/mol. The number of nitrogens with zero attached hydrogens (tertiary/aromatic N) is 5. The predicted octanol–water partition coefficient (Wildman–Crippen LogP) is 0.811. The van der Waals surface area contributed by atoms with Gasteiger partial charge >= 0.3 is 0 Å². The Bertz CT molecular complexity index is 558. The maximum atomic E-state index is 12.4. The van der Waals surface area contributed by atoms with Gasteiger partial charge in [0.15, 0.2) is 0 Å². The lowest BCUT2D eigenvalue weighted by Gasteiger charge is -2.19. The molecule has 1 aromatic rings. The van der Waals surface area contributed by atoms with Crippen LogP contribution in [-0.4, -0.2) is 62.6 Å². The molecule has 26 heavy (non-hydrogen) atoms. The van der Waals surface area contributed by atoms with Crippen LogP contribution in [0.4, 0.5) is 5.95 Å². The van der Waals surface area contributed by atoms with E-state index in [1.165, 1.54) is 6.33 Å². The minimum absolute atomic E-state index is 0.0650. The number of amides is 2. The molecule has 10 nitrogen and oxygen atoms in total. The van der Waals surface area contributed by atoms with Crippen molar-refractivity contribution in [1.29, 1.82) is 0 Å². The highest BCUT2D eigenvalue weighted by molar-refractivity contribution is 5.80. The Hall–Kier alpha value is -2.33. The van der Waals surface area contributed by atoms with Gasteiger partial charge in [-0.25, -0.2) is 10.0 Å². The van der Waals surface area contributed by atoms with Crippen molar-refractivity contribution in [1.82, 2.24) is 30.3 Å². The third kappa shape index (κ3) is 8.17. The highest BCUT2D eigenvalue weighted by atomic mass is 16.5. The summed E-state index contributed by atoms with van der Waals surface area (Å²) in [6.45, 7) is 5.46. The summed E-state index contributed by atoms with van der Waals surface area (Å²) in [5.41, 5.74) is 5.21. The minimum Gasteiger partial charge on any atom is -0.299 e. The Morgan fingerprint density at radius 2 is 2.12 bits per heavy atom. The Morgan fingerprint density at radius 1 is 1.35 bits per heavy atom. The van der Waals surface area contributed by atoms with Crippen LogP contribution in [0.25, 0.3) is 0 Å². The van der Waals surface area contributed by atoms with Crippen LogP contribution in [0.2, 0.25) is 0 Å². The molecule has 1 rings (SSSR count). The molecule has 1 aromatic heterocycles. The Balaban J connectivity index is 2.62. The van der Waals surface area contributed by atoms with Crippen LogP contribution < -0.4 is 10.9 Å². The van der Waals surface area contributed by atoms with Gasteiger partial charge < -0.3 is 0 Å². The van der Waals surface area contributed by atoms with Crippen molar-refractivity contribution in [2.45, 2.75) is 46.1 Å². The number of hydroxylamine groups is 2. The second-order valence-electron chi connectivity index (χ2n) is 6.09. The largest absolute Gasteiger partial charge is 0.299 e. The molecule has 1 atom stereocenters. The third-order valence-corrected chi connectivity index (χ3v) is 3.93. The van der Waals surface area contributed by atoms with Crippen molar-refractivity contribution in [2.24, 2.45) is 5.92 Å². The molecule has 0 saturated carbocycles. The molecule has 0 radical (unpaired) electrons. The number of hydrogen-bond donors (Lipinski definition) is 3. The topological polar surface area (TPSA) is 124 Å². The van der Waals surface area contributed by atoms with Crippen molar-refractivity contribution in [3.63, 3.8) is 0 Å². The Morgan fingerprint density at radius 3 is 2.77 bits per heavy atom. The fraction of sp³-hybridized carbons (Fsp3) is 0.688. The lowest BCUT2D eigenvalue weighted by Crippen LogP contribution is -2.40. The van der Waals surface area contributed by atoms with Crippen molar-refractivity contribution >= 4 is 18.3 Å². The van der Waals surface area contributed by atoms with Crippen LogP contribution in [0.3, 0.4) is 0 Å². The summed E-state index contributed by atoms with van der Waals surface area (Å²) in [4.78, 5) is 37.3. The molecule has 0 aromatic carbocycles. The molecule has 0 fully saturated rings. The number of carbonyl (C=O) groups is 2. The fourth-order valence-electron chi connectivity index (χ4n) is 2.25. The molecule has 0 unspecified atom stereocenters. The van der Waals surface area contributed by atoms with Crippen LogP contribution in [-0.2, 0) is 16.1 Å². The van der Waals surface area contributed by atoms with Gasteiger partial charge in [-0.05, 0) is 20.0 Å². The molecule has 146 valence electrons. The summed E-state index contributed by atoms with van der Waals surface area (Å²) in [5, 5.41) is 9.87. The number of aromatic nitrogens is 3. The number of carbonyl (C=O) groups excluding carboxylic acids is 2. The lowest BCUT2D eigenvalue weighted by molar-refractivity contribution is -0.154. The van der Waals surface area contributed by atoms with Crippen LogP contribution in [0.5, 0.6) is 0 Å². The molecule has 0 saturated heterocycles. The standard InChI is InChI=1S/C16H29N7O3/c1-4-6-7-8-13(9-23(26)12-24)15(25)20-21-16-18-11-17-14(19-16)10-22(3)5-2/h11-13,26H,4-10H2,1-3H3,(H,20,25)(H,17,18,19,21)/t13-/m1/s1. The molecule has 0 aliphatic rings. The van der Waals surface area contributed by atoms with Crippen LogP contribution in [0, 0.1) is 5.92 Å². The molecule has 3 N–H and O–H groups in total. The summed E-state index contributed by atoms with van der Waals surface area (Å²) < 4.78 is 0. The molecular weight excluding hydrogens is 338 g/mol. The number of hydrogen-bond acceptors (Lipinski definition) is 8. The van der Waals surface area contributed by atoms with Gasteiger partial charge in [-0.2, -0.15) is 9.97 Å². The maximum Gasteiger partial charge on any atom is 0.245 e. The van der Waals surface area contributed by atoms with E-state index in [4.69, 9.17) is 0 Å². The normalized spacial score (nSPS) is 11.9. The van der Waals surface area contributed by atoms with E-state index in [0.29, 0.717) is 23.9 Å². The highest BCUT2D eigenvalue weighted by Crippen LogP contribution is 2.11. The second-order valence-corrected chi connectivity index (χ2v) is 6.09. The van der Waals surface area contributed by atoms with Crippen molar-refractivity contribution in [3.05, 3.63) is 12.2 Å². The Labute approximate surface area is 153 Å². The van der Waals surface area contributed by atoms with E-state index in [1.54, 1.807) is 0 Å². The van der Waals surface area contributed by atoms with Crippen molar-refractivity contribution < 1.29 is 14.8 Å². The zero-order valence-electron chi connectivity index (χ0n) is 15.7. The maximum absolute atomic E-state index is 12.4. The molecule has 0 bridgehead atoms. The molecular formula is C16H29N7O3. The zero-order chi connectivity index (χ0) is 19.4. The summed E-state index contributed by atoms with van der Waals surface area (Å²) >= 11 is 0. The molecule has 0 aliphatic carbocycles. The van der Waals surface area contributed by atoms with Gasteiger partial charge in [0.05, 0.1) is 19.0 Å². The average Bonchev–Trinajstić information content (AvgIpc) is 2.65. The fourth-order valence-corrected chi connectivity index (χ4v) is 2.25. The first kappa shape index (κ1) is 21.7. The van der Waals surface area contributed by atoms with Crippen LogP contribution in [0.1, 0.15) is 45.4 Å². The van der Waals surface area contributed by atoms with Gasteiger partial charge in [-0.3, -0.25) is 30.5 Å². The van der Waals surface area contributed by atoms with E-state index >= 15 is 0 Å². The second kappa shape index (κ2) is 12.1. The van der Waals surface area contributed by atoms with E-state index in [-0.39, 0.29) is 24.8 Å². The van der Waals surface area contributed by atoms with Crippen molar-refractivity contribution in [3.8, 4) is 0 Å². The van der Waals surface area contributed by atoms with Crippen LogP contribution in [0.15, 0.2) is 6.33 Å². The smallest absolute Gasteiger partial charge is 0.245 e. The van der Waals surface area contributed by atoms with Crippen molar-refractivity contribution in [2.75, 3.05) is 25.6 Å². The van der Waals surface area contributed by atoms with Gasteiger partial charge in [0.2, 0.25) is 18.3 Å². The van der Waals surface area contributed by atoms with Gasteiger partial charge in [0.25, 0.3) is 0 Å². The number of rotatable bonds is 13. The molecule has 1 heterocycles. The van der Waals surface area contributed by atoms with E-state index < -0.39 is 5.92 Å². The number of hydrazine groups is 1. The Kier molecular flexibility index (Phi) is 10.1. The summed E-state index contributed by atoms with van der Waals surface area (Å²) in [6.07, 6.45) is 5.06. The quantitative estimate of drug-likeness (QED) is 0.202. The summed E-state index contributed by atoms with van der Waals surface area (Å²) in [6, 6.07) is 0. The zero-order valence-corrected chi connectivity index (χ0v) is 15.7. The molecule has 0 spiro atoms. The number of unbranched alkanes of at least 4 members (excludes halogenated alkanes) is 2. The first-order valence-electron chi connectivity index (χ1n) is 8.83. The monoisotopic (exact) mass is 367 g/mol. The van der Waals surface area contributed by atoms with E-state index in [2.05, 4.69) is 32.7 Å². The van der Waals surface area contributed by atoms with Gasteiger partial charge in [-0.1, -0.05) is 33.1 Å². The lowest BCUT2D eigenvalue weighted by atomic mass is 10.0. The minimum atomic E-state index is -0.531. The van der Waals surface area contributed by atoms with Gasteiger partial charge in [0.1, 0.15) is 12.2 Å². The molecule has 2 amide bonds. The number of anilines is 1. The van der Waals surface area contributed by atoms with Gasteiger partial charge in [-0.15, -0.1) is 0 Å². The molecule has 10 heteroatoms. The van der Waals surface area contributed by atoms with E-state index in [1.807, 2.05) is 18.9 Å². The van der Waals surface area contributed by atoms with Crippen LogP contribution >= 0.6 is 0 Å².